The summed E-state index contributed by atoms with van der Waals surface area (Å²) in [6, 6.07) is 0. The molecule has 2 N–H and O–H groups in total. The zero-order valence-electron chi connectivity index (χ0n) is 16.2. The fourth-order valence-corrected chi connectivity index (χ4v) is 3.72. The van der Waals surface area contributed by atoms with Gasteiger partial charge in [0, 0.05) is 29.4 Å². The Morgan fingerprint density at radius 2 is 2.00 bits per heavy atom. The van der Waals surface area contributed by atoms with Gasteiger partial charge in [0.2, 0.25) is 0 Å². The highest BCUT2D eigenvalue weighted by Crippen LogP contribution is 2.29. The molecule has 3 heterocycles. The van der Waals surface area contributed by atoms with E-state index in [1.165, 1.54) is 6.42 Å². The van der Waals surface area contributed by atoms with Gasteiger partial charge in [-0.2, -0.15) is 0 Å². The average molecular weight is 402 g/mol. The van der Waals surface area contributed by atoms with Crippen molar-refractivity contribution >= 4 is 39.3 Å². The lowest BCUT2D eigenvalue weighted by Crippen LogP contribution is -2.35. The minimum absolute atomic E-state index is 0.797. The third kappa shape index (κ3) is 6.45. The Kier molecular flexibility index (Phi) is 8.94. The number of aliphatic imine (C=N–C) groups is 1. The van der Waals surface area contributed by atoms with Gasteiger partial charge in [-0.05, 0) is 13.3 Å². The molecule has 0 bridgehead atoms. The predicted octanol–water partition coefficient (Wildman–Crippen LogP) is 5.59. The highest BCUT2D eigenvalue weighted by molar-refractivity contribution is 7.14. The van der Waals surface area contributed by atoms with Crippen LogP contribution < -0.4 is 10.6 Å². The molecule has 27 heavy (non-hydrogen) atoms. The van der Waals surface area contributed by atoms with Crippen molar-refractivity contribution in [1.82, 2.24) is 15.3 Å². The summed E-state index contributed by atoms with van der Waals surface area (Å²) in [6.45, 7) is 11.8. The monoisotopic (exact) mass is 401 g/mol. The Morgan fingerprint density at radius 1 is 1.26 bits per heavy atom. The number of aromatic nitrogens is 2. The Morgan fingerprint density at radius 3 is 2.67 bits per heavy atom. The van der Waals surface area contributed by atoms with Gasteiger partial charge in [0.05, 0.1) is 0 Å². The number of rotatable bonds is 5. The second-order valence-electron chi connectivity index (χ2n) is 5.78. The molecule has 0 aliphatic carbocycles. The molecule has 0 saturated heterocycles. The molecule has 0 atom stereocenters. The van der Waals surface area contributed by atoms with Crippen LogP contribution in [0, 0.1) is 0 Å². The van der Waals surface area contributed by atoms with Gasteiger partial charge in [-0.15, -0.1) is 22.7 Å². The number of guanidine groups is 1. The lowest BCUT2D eigenvalue weighted by Gasteiger charge is -2.13. The molecule has 5 nitrogen and oxygen atoms in total. The molecule has 0 unspecified atom stereocenters. The first-order valence-corrected chi connectivity index (χ1v) is 10.9. The summed E-state index contributed by atoms with van der Waals surface area (Å²) in [5.41, 5.74) is 2.82. The van der Waals surface area contributed by atoms with Crippen molar-refractivity contribution in [3.05, 3.63) is 46.7 Å². The SMILES string of the molecule is C=C/C=C(\C=C/C)c1nc(-c2csc(NC3=NCCCN3)n2)cs1.CCC. The van der Waals surface area contributed by atoms with Crippen LogP contribution in [0.3, 0.4) is 0 Å². The first kappa shape index (κ1) is 21.1. The van der Waals surface area contributed by atoms with E-state index in [1.807, 2.05) is 35.9 Å². The summed E-state index contributed by atoms with van der Waals surface area (Å²) >= 11 is 3.16. The summed E-state index contributed by atoms with van der Waals surface area (Å²) in [5.74, 6) is 0.797. The van der Waals surface area contributed by atoms with Crippen LogP contribution in [0.4, 0.5) is 5.13 Å². The Hall–Kier alpha value is -2.25. The Balaban J connectivity index is 0.000000817. The van der Waals surface area contributed by atoms with E-state index >= 15 is 0 Å². The van der Waals surface area contributed by atoms with E-state index in [4.69, 9.17) is 4.98 Å². The smallest absolute Gasteiger partial charge is 0.197 e. The lowest BCUT2D eigenvalue weighted by molar-refractivity contribution is 0.740. The van der Waals surface area contributed by atoms with Crippen molar-refractivity contribution in [3.63, 3.8) is 0 Å². The molecule has 0 spiro atoms. The summed E-state index contributed by atoms with van der Waals surface area (Å²) in [5, 5.41) is 12.3. The third-order valence-corrected chi connectivity index (χ3v) is 4.93. The van der Waals surface area contributed by atoms with E-state index in [-0.39, 0.29) is 0 Å². The van der Waals surface area contributed by atoms with Crippen LogP contribution in [0.2, 0.25) is 0 Å². The van der Waals surface area contributed by atoms with Crippen LogP contribution in [0.1, 0.15) is 38.6 Å². The van der Waals surface area contributed by atoms with Gasteiger partial charge in [0.1, 0.15) is 16.4 Å². The molecule has 0 fully saturated rings. The van der Waals surface area contributed by atoms with E-state index in [9.17, 15) is 0 Å². The number of thiazole rings is 2. The summed E-state index contributed by atoms with van der Waals surface area (Å²) in [7, 11) is 0. The highest BCUT2D eigenvalue weighted by atomic mass is 32.1. The molecule has 3 rings (SSSR count). The zero-order chi connectivity index (χ0) is 19.5. The van der Waals surface area contributed by atoms with Crippen LogP contribution in [0.15, 0.2) is 46.6 Å². The van der Waals surface area contributed by atoms with Crippen LogP contribution in [-0.4, -0.2) is 29.0 Å². The van der Waals surface area contributed by atoms with Crippen LogP contribution in [0.5, 0.6) is 0 Å². The van der Waals surface area contributed by atoms with Crippen molar-refractivity contribution < 1.29 is 0 Å². The molecule has 2 aromatic heterocycles. The van der Waals surface area contributed by atoms with E-state index < -0.39 is 0 Å². The van der Waals surface area contributed by atoms with Gasteiger partial charge in [-0.25, -0.2) is 9.97 Å². The summed E-state index contributed by atoms with van der Waals surface area (Å²) in [4.78, 5) is 13.7. The fraction of sp³-hybridized carbons (Fsp3) is 0.350. The minimum Gasteiger partial charge on any atom is -0.356 e. The number of hydrogen-bond donors (Lipinski definition) is 2. The summed E-state index contributed by atoms with van der Waals surface area (Å²) < 4.78 is 0. The van der Waals surface area contributed by atoms with Gasteiger partial charge in [0.25, 0.3) is 0 Å². The average Bonchev–Trinajstić information content (AvgIpc) is 3.32. The van der Waals surface area contributed by atoms with Gasteiger partial charge in [-0.1, -0.05) is 51.2 Å². The molecular weight excluding hydrogens is 374 g/mol. The third-order valence-electron chi connectivity index (χ3n) is 3.28. The number of hydrogen-bond acceptors (Lipinski definition) is 7. The second kappa shape index (κ2) is 11.5. The molecule has 0 aromatic carbocycles. The number of nitrogens with zero attached hydrogens (tertiary/aromatic N) is 3. The molecule has 144 valence electrons. The predicted molar refractivity (Wildman–Crippen MR) is 121 cm³/mol. The van der Waals surface area contributed by atoms with Crippen molar-refractivity contribution in [3.8, 4) is 11.4 Å². The minimum atomic E-state index is 0.797. The maximum atomic E-state index is 4.70. The van der Waals surface area contributed by atoms with Crippen LogP contribution >= 0.6 is 22.7 Å². The molecule has 1 aliphatic rings. The molecule has 0 amide bonds. The van der Waals surface area contributed by atoms with Crippen molar-refractivity contribution in [2.45, 2.75) is 33.6 Å². The van der Waals surface area contributed by atoms with Crippen molar-refractivity contribution in [1.29, 1.82) is 0 Å². The van der Waals surface area contributed by atoms with Gasteiger partial charge < -0.3 is 10.6 Å². The topological polar surface area (TPSA) is 62.2 Å². The first-order chi connectivity index (χ1) is 13.2. The Bertz CT molecular complexity index is 814. The standard InChI is InChI=1S/C17H19N5S2.C3H8/c1-3-6-12(7-4-2)15-20-13(10-23-15)14-11-24-17(21-14)22-16-18-8-5-9-19-16;1-3-2/h3-4,6-7,10-11H,1,5,8-9H2,2H3,(H2,18,19,21,22);3H2,1-2H3/b7-4-,12-6+;. The van der Waals surface area contributed by atoms with Crippen LogP contribution in [0.25, 0.3) is 17.0 Å². The van der Waals surface area contributed by atoms with Crippen LogP contribution in [-0.2, 0) is 0 Å². The van der Waals surface area contributed by atoms with Gasteiger partial charge >= 0.3 is 0 Å². The number of nitrogens with one attached hydrogen (secondary N) is 2. The van der Waals surface area contributed by atoms with E-state index in [0.29, 0.717) is 0 Å². The fourth-order valence-electron chi connectivity index (χ4n) is 2.20. The van der Waals surface area contributed by atoms with Crippen molar-refractivity contribution in [2.24, 2.45) is 4.99 Å². The highest BCUT2D eigenvalue weighted by Gasteiger charge is 2.12. The molecule has 7 heteroatoms. The van der Waals surface area contributed by atoms with E-state index in [2.05, 4.69) is 41.0 Å². The molecule has 0 saturated carbocycles. The normalized spacial score (nSPS) is 14.2. The molecule has 0 radical (unpaired) electrons. The molecule has 2 aromatic rings. The van der Waals surface area contributed by atoms with E-state index in [0.717, 1.165) is 52.6 Å². The number of anilines is 1. The van der Waals surface area contributed by atoms with Crippen molar-refractivity contribution in [2.75, 3.05) is 18.4 Å². The molecular formula is C20H27N5S2. The zero-order valence-corrected chi connectivity index (χ0v) is 17.8. The molecule has 1 aliphatic heterocycles. The maximum Gasteiger partial charge on any atom is 0.197 e. The van der Waals surface area contributed by atoms with Gasteiger partial charge in [-0.3, -0.25) is 4.99 Å². The number of allylic oxidation sites excluding steroid dienone is 5. The first-order valence-electron chi connectivity index (χ1n) is 9.14. The quantitative estimate of drug-likeness (QED) is 0.641. The Labute approximate surface area is 169 Å². The van der Waals surface area contributed by atoms with E-state index in [1.54, 1.807) is 28.7 Å². The largest absolute Gasteiger partial charge is 0.356 e. The second-order valence-corrected chi connectivity index (χ2v) is 7.49. The lowest BCUT2D eigenvalue weighted by atomic mass is 10.2. The summed E-state index contributed by atoms with van der Waals surface area (Å²) in [6.07, 6.45) is 10.1. The van der Waals surface area contributed by atoms with Gasteiger partial charge in [0.15, 0.2) is 11.1 Å². The maximum absolute atomic E-state index is 4.70.